The second kappa shape index (κ2) is 10.5. The molecular formula is C29H38N6O3. The third-order valence-electron chi connectivity index (χ3n) is 8.41. The summed E-state index contributed by atoms with van der Waals surface area (Å²) in [6.07, 6.45) is 10.4. The number of anilines is 2. The van der Waals surface area contributed by atoms with Gasteiger partial charge in [-0.1, -0.05) is 25.0 Å². The van der Waals surface area contributed by atoms with Crippen LogP contribution >= 0.6 is 0 Å². The van der Waals surface area contributed by atoms with Gasteiger partial charge in [0.15, 0.2) is 5.65 Å². The van der Waals surface area contributed by atoms with Crippen LogP contribution in [0.4, 0.5) is 11.6 Å². The molecule has 1 aliphatic heterocycles. The van der Waals surface area contributed by atoms with Crippen LogP contribution in [0.2, 0.25) is 0 Å². The monoisotopic (exact) mass is 518 g/mol. The molecule has 1 saturated heterocycles. The number of aryl methyl sites for hydroxylation is 1. The van der Waals surface area contributed by atoms with Crippen LogP contribution in [-0.2, 0) is 4.74 Å². The quantitative estimate of drug-likeness (QED) is 0.337. The number of carbonyl (C=O) groups is 1. The molecule has 202 valence electrons. The van der Waals surface area contributed by atoms with E-state index in [2.05, 4.69) is 16.0 Å². The van der Waals surface area contributed by atoms with Gasteiger partial charge >= 0.3 is 0 Å². The van der Waals surface area contributed by atoms with Gasteiger partial charge in [-0.3, -0.25) is 4.79 Å². The standard InChI is InChI=1S/C29H38N6O3/c1-19-14-20(6-9-23(19)28(37)33-22-7-8-22)24-16-31-35-26(30-17-29(18-36)10-12-38-13-11-29)15-25(34-27(24)35)32-21-4-2-3-5-21/h6,9,14-16,21-22,30,36H,2-5,7-8,10-13,17-18H2,1H3,(H,32,34)(H,33,37). The third kappa shape index (κ3) is 5.22. The Morgan fingerprint density at radius 2 is 1.92 bits per heavy atom. The summed E-state index contributed by atoms with van der Waals surface area (Å²) in [7, 11) is 0. The van der Waals surface area contributed by atoms with Crippen molar-refractivity contribution in [3.05, 3.63) is 41.6 Å². The molecule has 1 aromatic carbocycles. The van der Waals surface area contributed by atoms with Crippen LogP contribution in [0.25, 0.3) is 16.8 Å². The second-order valence-electron chi connectivity index (χ2n) is 11.3. The number of hydrogen-bond acceptors (Lipinski definition) is 7. The number of hydrogen-bond donors (Lipinski definition) is 4. The lowest BCUT2D eigenvalue weighted by atomic mass is 9.81. The van der Waals surface area contributed by atoms with Crippen molar-refractivity contribution in [3.63, 3.8) is 0 Å². The molecule has 3 aliphatic rings. The highest BCUT2D eigenvalue weighted by Gasteiger charge is 2.32. The summed E-state index contributed by atoms with van der Waals surface area (Å²) in [5, 5.41) is 25.2. The maximum absolute atomic E-state index is 12.7. The van der Waals surface area contributed by atoms with Gasteiger partial charge in [-0.25, -0.2) is 4.98 Å². The molecule has 0 atom stereocenters. The van der Waals surface area contributed by atoms with E-state index in [1.54, 1.807) is 0 Å². The first-order valence-corrected chi connectivity index (χ1v) is 14.0. The molecule has 3 fully saturated rings. The first-order valence-electron chi connectivity index (χ1n) is 14.0. The van der Waals surface area contributed by atoms with Gasteiger partial charge in [-0.2, -0.15) is 9.61 Å². The number of benzene rings is 1. The molecule has 3 aromatic rings. The summed E-state index contributed by atoms with van der Waals surface area (Å²) in [5.74, 6) is 1.67. The van der Waals surface area contributed by atoms with Crippen LogP contribution in [0.5, 0.6) is 0 Å². The first kappa shape index (κ1) is 25.1. The SMILES string of the molecule is Cc1cc(-c2cnn3c(NCC4(CO)CCOCC4)cc(NC4CCCC4)nc23)ccc1C(=O)NC1CC1. The molecule has 0 unspecified atom stereocenters. The molecule has 1 amide bonds. The molecule has 2 aromatic heterocycles. The summed E-state index contributed by atoms with van der Waals surface area (Å²) in [6.45, 7) is 4.07. The Hall–Kier alpha value is -3.17. The number of nitrogens with one attached hydrogen (secondary N) is 3. The Morgan fingerprint density at radius 1 is 1.13 bits per heavy atom. The number of rotatable bonds is 9. The van der Waals surface area contributed by atoms with E-state index in [-0.39, 0.29) is 17.9 Å². The molecule has 4 N–H and O–H groups in total. The van der Waals surface area contributed by atoms with E-state index < -0.39 is 0 Å². The molecular weight excluding hydrogens is 480 g/mol. The topological polar surface area (TPSA) is 113 Å². The number of nitrogens with zero attached hydrogens (tertiary/aromatic N) is 3. The Balaban J connectivity index is 1.33. The van der Waals surface area contributed by atoms with Gasteiger partial charge in [0.2, 0.25) is 0 Å². The van der Waals surface area contributed by atoms with Crippen LogP contribution in [0, 0.1) is 12.3 Å². The van der Waals surface area contributed by atoms with Crippen molar-refractivity contribution < 1.29 is 14.6 Å². The van der Waals surface area contributed by atoms with Gasteiger partial charge < -0.3 is 25.8 Å². The number of amides is 1. The Kier molecular flexibility index (Phi) is 6.97. The molecule has 3 heterocycles. The molecule has 0 spiro atoms. The zero-order chi connectivity index (χ0) is 26.1. The number of carbonyl (C=O) groups excluding carboxylic acids is 1. The molecule has 2 aliphatic carbocycles. The van der Waals surface area contributed by atoms with Crippen molar-refractivity contribution in [1.29, 1.82) is 0 Å². The fraction of sp³-hybridized carbons (Fsp3) is 0.552. The average Bonchev–Trinajstić information content (AvgIpc) is 3.40. The molecule has 9 nitrogen and oxygen atoms in total. The lowest BCUT2D eigenvalue weighted by Crippen LogP contribution is -2.39. The second-order valence-corrected chi connectivity index (χ2v) is 11.3. The molecule has 9 heteroatoms. The van der Waals surface area contributed by atoms with Gasteiger partial charge in [0.05, 0.1) is 12.8 Å². The zero-order valence-electron chi connectivity index (χ0n) is 22.1. The van der Waals surface area contributed by atoms with Crippen molar-refractivity contribution in [2.24, 2.45) is 5.41 Å². The lowest BCUT2D eigenvalue weighted by molar-refractivity contribution is -0.00863. The minimum absolute atomic E-state index is 0.00463. The zero-order valence-corrected chi connectivity index (χ0v) is 22.1. The summed E-state index contributed by atoms with van der Waals surface area (Å²) < 4.78 is 7.40. The molecule has 0 radical (unpaired) electrons. The molecule has 38 heavy (non-hydrogen) atoms. The van der Waals surface area contributed by atoms with Crippen molar-refractivity contribution >= 4 is 23.2 Å². The Bertz CT molecular complexity index is 1310. The first-order chi connectivity index (χ1) is 18.5. The maximum atomic E-state index is 12.7. The van der Waals surface area contributed by atoms with Crippen molar-refractivity contribution in [2.75, 3.05) is 37.0 Å². The Labute approximate surface area is 223 Å². The van der Waals surface area contributed by atoms with Crippen molar-refractivity contribution in [3.8, 4) is 11.1 Å². The van der Waals surface area contributed by atoms with Crippen LogP contribution in [-0.4, -0.2) is 64.1 Å². The predicted molar refractivity (Wildman–Crippen MR) is 148 cm³/mol. The third-order valence-corrected chi connectivity index (χ3v) is 8.41. The van der Waals surface area contributed by atoms with E-state index in [1.165, 1.54) is 12.8 Å². The Morgan fingerprint density at radius 3 is 2.63 bits per heavy atom. The molecule has 0 bridgehead atoms. The number of aliphatic hydroxyl groups is 1. The lowest BCUT2D eigenvalue weighted by Gasteiger charge is -2.35. The van der Waals surface area contributed by atoms with E-state index >= 15 is 0 Å². The van der Waals surface area contributed by atoms with Crippen molar-refractivity contribution in [1.82, 2.24) is 19.9 Å². The number of aromatic nitrogens is 3. The van der Waals surface area contributed by atoms with Gasteiger partial charge in [0, 0.05) is 54.5 Å². The predicted octanol–water partition coefficient (Wildman–Crippen LogP) is 4.15. The normalized spacial score (nSPS) is 19.5. The maximum Gasteiger partial charge on any atom is 0.251 e. The van der Waals surface area contributed by atoms with Gasteiger partial charge in [-0.15, -0.1) is 0 Å². The van der Waals surface area contributed by atoms with Crippen LogP contribution in [0.1, 0.15) is 67.3 Å². The van der Waals surface area contributed by atoms with E-state index in [4.69, 9.17) is 14.8 Å². The van der Waals surface area contributed by atoms with Gasteiger partial charge in [0.25, 0.3) is 5.91 Å². The smallest absolute Gasteiger partial charge is 0.251 e. The van der Waals surface area contributed by atoms with E-state index in [0.717, 1.165) is 72.5 Å². The van der Waals surface area contributed by atoms with Crippen LogP contribution in [0.15, 0.2) is 30.5 Å². The highest BCUT2D eigenvalue weighted by atomic mass is 16.5. The number of ether oxygens (including phenoxy) is 1. The summed E-state index contributed by atoms with van der Waals surface area (Å²) in [5.41, 5.74) is 4.09. The minimum atomic E-state index is -0.211. The van der Waals surface area contributed by atoms with Crippen LogP contribution in [0.3, 0.4) is 0 Å². The largest absolute Gasteiger partial charge is 0.396 e. The van der Waals surface area contributed by atoms with E-state index in [9.17, 15) is 9.90 Å². The number of aliphatic hydroxyl groups excluding tert-OH is 1. The van der Waals surface area contributed by atoms with Crippen molar-refractivity contribution in [2.45, 2.75) is 70.4 Å². The van der Waals surface area contributed by atoms with Gasteiger partial charge in [-0.05, 0) is 62.6 Å². The molecule has 2 saturated carbocycles. The number of fused-ring (bicyclic) bond motifs is 1. The van der Waals surface area contributed by atoms with Gasteiger partial charge in [0.1, 0.15) is 11.6 Å². The van der Waals surface area contributed by atoms with Crippen LogP contribution < -0.4 is 16.0 Å². The average molecular weight is 519 g/mol. The summed E-state index contributed by atoms with van der Waals surface area (Å²) in [6, 6.07) is 8.72. The minimum Gasteiger partial charge on any atom is -0.396 e. The fourth-order valence-electron chi connectivity index (χ4n) is 5.70. The molecule has 6 rings (SSSR count). The fourth-order valence-corrected chi connectivity index (χ4v) is 5.70. The summed E-state index contributed by atoms with van der Waals surface area (Å²) in [4.78, 5) is 17.7. The highest BCUT2D eigenvalue weighted by Crippen LogP contribution is 2.33. The van der Waals surface area contributed by atoms with E-state index in [1.807, 2.05) is 41.9 Å². The highest BCUT2D eigenvalue weighted by molar-refractivity contribution is 5.97. The van der Waals surface area contributed by atoms with E-state index in [0.29, 0.717) is 37.4 Å². The summed E-state index contributed by atoms with van der Waals surface area (Å²) >= 11 is 0.